The Morgan fingerprint density at radius 3 is 2.44 bits per heavy atom. The van der Waals surface area contributed by atoms with Crippen molar-refractivity contribution in [1.82, 2.24) is 15.5 Å². The van der Waals surface area contributed by atoms with Crippen molar-refractivity contribution in [3.05, 3.63) is 10.0 Å². The topological polar surface area (TPSA) is 37.8 Å². The zero-order valence-corrected chi connectivity index (χ0v) is 9.49. The highest BCUT2D eigenvalue weighted by molar-refractivity contribution is 7.11. The number of rotatable bonds is 5. The molecule has 0 radical (unpaired) electrons. The fourth-order valence-corrected chi connectivity index (χ4v) is 2.12. The number of alkyl halides is 4. The minimum atomic E-state index is -4.22. The normalized spacial score (nSPS) is 14.4. The summed E-state index contributed by atoms with van der Waals surface area (Å²) in [5, 5.41) is 8.81. The molecule has 0 saturated heterocycles. The van der Waals surface area contributed by atoms with Crippen molar-refractivity contribution in [3.63, 3.8) is 0 Å². The molecule has 0 aromatic carbocycles. The maximum Gasteiger partial charge on any atom is 0.359 e. The van der Waals surface area contributed by atoms with Crippen molar-refractivity contribution >= 4 is 11.3 Å². The van der Waals surface area contributed by atoms with Gasteiger partial charge in [-0.2, -0.15) is 8.78 Å². The van der Waals surface area contributed by atoms with Crippen LogP contribution in [0.25, 0.3) is 0 Å². The Morgan fingerprint density at radius 2 is 2.00 bits per heavy atom. The molecule has 3 nitrogen and oxygen atoms in total. The summed E-state index contributed by atoms with van der Waals surface area (Å²) < 4.78 is 49.9. The van der Waals surface area contributed by atoms with E-state index >= 15 is 0 Å². The number of hydrogen-bond acceptors (Lipinski definition) is 4. The Kier molecular flexibility index (Phi) is 4.20. The van der Waals surface area contributed by atoms with Gasteiger partial charge in [-0.3, -0.25) is 0 Å². The average Bonchev–Trinajstić information content (AvgIpc) is 2.69. The molecule has 1 N–H and O–H groups in total. The fourth-order valence-electron chi connectivity index (χ4n) is 1.11. The van der Waals surface area contributed by atoms with E-state index in [0.717, 1.165) is 0 Å². The predicted molar refractivity (Wildman–Crippen MR) is 51.9 cm³/mol. The first-order valence-corrected chi connectivity index (χ1v) is 5.42. The van der Waals surface area contributed by atoms with E-state index < -0.39 is 17.4 Å². The van der Waals surface area contributed by atoms with Crippen LogP contribution in [-0.2, 0) is 5.92 Å². The van der Waals surface area contributed by atoms with Crippen molar-refractivity contribution in [1.29, 1.82) is 0 Å². The van der Waals surface area contributed by atoms with Crippen LogP contribution in [0.1, 0.15) is 29.4 Å². The highest BCUT2D eigenvalue weighted by atomic mass is 32.1. The van der Waals surface area contributed by atoms with E-state index in [1.807, 2.05) is 6.92 Å². The minimum Gasteiger partial charge on any atom is -0.311 e. The van der Waals surface area contributed by atoms with E-state index in [1.54, 1.807) is 7.05 Å². The molecule has 92 valence electrons. The van der Waals surface area contributed by atoms with Crippen molar-refractivity contribution in [2.45, 2.75) is 31.7 Å². The Hall–Kier alpha value is -0.760. The second kappa shape index (κ2) is 5.05. The molecule has 0 aliphatic rings. The van der Waals surface area contributed by atoms with Gasteiger partial charge < -0.3 is 5.32 Å². The van der Waals surface area contributed by atoms with E-state index in [0.29, 0.717) is 22.8 Å². The molecule has 0 amide bonds. The van der Waals surface area contributed by atoms with Crippen LogP contribution >= 0.6 is 11.3 Å². The zero-order valence-electron chi connectivity index (χ0n) is 8.68. The largest absolute Gasteiger partial charge is 0.359 e. The zero-order chi connectivity index (χ0) is 12.3. The quantitative estimate of drug-likeness (QED) is 0.824. The summed E-state index contributed by atoms with van der Waals surface area (Å²) in [4.78, 5) is 0. The Bertz CT molecular complexity index is 338. The van der Waals surface area contributed by atoms with Gasteiger partial charge in [0.05, 0.1) is 6.04 Å². The van der Waals surface area contributed by atoms with Gasteiger partial charge in [-0.1, -0.05) is 18.3 Å². The summed E-state index contributed by atoms with van der Waals surface area (Å²) in [6, 6.07) is -0.236. The molecule has 0 aliphatic heterocycles. The van der Waals surface area contributed by atoms with Crippen LogP contribution in [0.5, 0.6) is 0 Å². The third-order valence-electron chi connectivity index (χ3n) is 2.05. The molecule has 1 unspecified atom stereocenters. The lowest BCUT2D eigenvalue weighted by molar-refractivity contribution is -0.135. The first kappa shape index (κ1) is 13.3. The number of nitrogens with one attached hydrogen (secondary N) is 1. The van der Waals surface area contributed by atoms with Crippen LogP contribution in [0.2, 0.25) is 0 Å². The first-order chi connectivity index (χ1) is 7.43. The van der Waals surface area contributed by atoms with Gasteiger partial charge in [0.15, 0.2) is 5.01 Å². The van der Waals surface area contributed by atoms with Crippen LogP contribution in [0.15, 0.2) is 0 Å². The van der Waals surface area contributed by atoms with Gasteiger partial charge in [0.1, 0.15) is 5.01 Å². The molecule has 8 heteroatoms. The second-order valence-corrected chi connectivity index (χ2v) is 4.13. The van der Waals surface area contributed by atoms with Gasteiger partial charge in [0, 0.05) is 0 Å². The smallest absolute Gasteiger partial charge is 0.311 e. The second-order valence-electron chi connectivity index (χ2n) is 3.12. The molecule has 0 aliphatic carbocycles. The van der Waals surface area contributed by atoms with Gasteiger partial charge in [0.2, 0.25) is 0 Å². The van der Waals surface area contributed by atoms with Crippen LogP contribution in [0.3, 0.4) is 0 Å². The van der Waals surface area contributed by atoms with Gasteiger partial charge in [0.25, 0.3) is 0 Å². The molecular weight excluding hydrogens is 246 g/mol. The Morgan fingerprint density at radius 1 is 1.38 bits per heavy atom. The number of halogens is 4. The van der Waals surface area contributed by atoms with Crippen molar-refractivity contribution in [2.24, 2.45) is 0 Å². The lowest BCUT2D eigenvalue weighted by atomic mass is 10.2. The molecule has 1 rings (SSSR count). The van der Waals surface area contributed by atoms with Crippen molar-refractivity contribution < 1.29 is 17.6 Å². The number of aromatic nitrogens is 2. The Labute approximate surface area is 93.9 Å². The van der Waals surface area contributed by atoms with Gasteiger partial charge in [-0.15, -0.1) is 10.2 Å². The van der Waals surface area contributed by atoms with E-state index in [4.69, 9.17) is 0 Å². The molecule has 1 atom stereocenters. The third kappa shape index (κ3) is 2.49. The lowest BCUT2D eigenvalue weighted by Gasteiger charge is -2.11. The molecule has 1 heterocycles. The van der Waals surface area contributed by atoms with Crippen LogP contribution in [0, 0.1) is 0 Å². The van der Waals surface area contributed by atoms with Crippen molar-refractivity contribution in [3.8, 4) is 0 Å². The highest BCUT2D eigenvalue weighted by Gasteiger charge is 2.46. The van der Waals surface area contributed by atoms with Gasteiger partial charge in [-0.25, -0.2) is 8.78 Å². The SMILES string of the molecule is CCC(NC)c1nnc(C(F)(F)C(F)F)s1. The monoisotopic (exact) mass is 257 g/mol. The summed E-state index contributed by atoms with van der Waals surface area (Å²) in [5.74, 6) is -4.22. The standard InChI is InChI=1S/C8H11F4N3S/c1-3-4(13-2)5-14-15-7(16-5)8(11,12)6(9)10/h4,6,13H,3H2,1-2H3. The number of hydrogen-bond donors (Lipinski definition) is 1. The van der Waals surface area contributed by atoms with E-state index in [1.165, 1.54) is 0 Å². The van der Waals surface area contributed by atoms with Crippen LogP contribution in [-0.4, -0.2) is 23.7 Å². The van der Waals surface area contributed by atoms with Crippen molar-refractivity contribution in [2.75, 3.05) is 7.05 Å². The first-order valence-electron chi connectivity index (χ1n) is 4.60. The maximum absolute atomic E-state index is 12.9. The molecule has 16 heavy (non-hydrogen) atoms. The minimum absolute atomic E-state index is 0.236. The molecule has 0 saturated carbocycles. The van der Waals surface area contributed by atoms with E-state index in [-0.39, 0.29) is 6.04 Å². The fraction of sp³-hybridized carbons (Fsp3) is 0.750. The highest BCUT2D eigenvalue weighted by Crippen LogP contribution is 2.37. The summed E-state index contributed by atoms with van der Waals surface area (Å²) in [7, 11) is 1.64. The molecular formula is C8H11F4N3S. The van der Waals surface area contributed by atoms with Crippen LogP contribution < -0.4 is 5.32 Å². The predicted octanol–water partition coefficient (Wildman–Crippen LogP) is 2.57. The summed E-state index contributed by atoms with van der Waals surface area (Å²) >= 11 is 0.511. The third-order valence-corrected chi connectivity index (χ3v) is 3.18. The van der Waals surface area contributed by atoms with Gasteiger partial charge >= 0.3 is 12.3 Å². The average molecular weight is 257 g/mol. The summed E-state index contributed by atoms with van der Waals surface area (Å²) in [6.07, 6.45) is -3.14. The molecule has 1 aromatic rings. The van der Waals surface area contributed by atoms with E-state index in [9.17, 15) is 17.6 Å². The van der Waals surface area contributed by atoms with Gasteiger partial charge in [-0.05, 0) is 13.5 Å². The Balaban J connectivity index is 2.94. The molecule has 1 aromatic heterocycles. The molecule has 0 spiro atoms. The maximum atomic E-state index is 12.9. The summed E-state index contributed by atoms with van der Waals surface area (Å²) in [5.41, 5.74) is 0. The number of nitrogens with zero attached hydrogens (tertiary/aromatic N) is 2. The molecule has 0 bridgehead atoms. The lowest BCUT2D eigenvalue weighted by Crippen LogP contribution is -2.23. The van der Waals surface area contributed by atoms with E-state index in [2.05, 4.69) is 15.5 Å². The summed E-state index contributed by atoms with van der Waals surface area (Å²) in [6.45, 7) is 1.83. The molecule has 0 fully saturated rings. The van der Waals surface area contributed by atoms with Crippen LogP contribution in [0.4, 0.5) is 17.6 Å².